The molecule has 0 spiro atoms. The molecular formula is C39H44FN7O3. The molecule has 1 saturated heterocycles. The number of hydrogen-bond donors (Lipinski definition) is 5. The Labute approximate surface area is 292 Å². The van der Waals surface area contributed by atoms with Gasteiger partial charge < -0.3 is 31.4 Å². The highest BCUT2D eigenvalue weighted by molar-refractivity contribution is 6.09. The van der Waals surface area contributed by atoms with E-state index >= 15 is 0 Å². The Balaban J connectivity index is 1.30. The van der Waals surface area contributed by atoms with Crippen LogP contribution in [0.4, 0.5) is 27.1 Å². The molecule has 4 heterocycles. The summed E-state index contributed by atoms with van der Waals surface area (Å²) in [6.45, 7) is 6.79. The number of fused-ring (bicyclic) bond motifs is 1. The Hall–Kier alpha value is -5.16. The van der Waals surface area contributed by atoms with E-state index in [2.05, 4.69) is 38.2 Å². The number of hydrogen-bond acceptors (Lipinski definition) is 8. The van der Waals surface area contributed by atoms with E-state index in [1.165, 1.54) is 18.2 Å². The van der Waals surface area contributed by atoms with E-state index in [1.807, 2.05) is 38.1 Å². The third-order valence-corrected chi connectivity index (χ3v) is 9.23. The van der Waals surface area contributed by atoms with Gasteiger partial charge in [0.15, 0.2) is 0 Å². The number of halogens is 1. The predicted molar refractivity (Wildman–Crippen MR) is 195 cm³/mol. The average Bonchev–Trinajstić information content (AvgIpc) is 3.11. The summed E-state index contributed by atoms with van der Waals surface area (Å²) in [5, 5.41) is 22.7. The highest BCUT2D eigenvalue weighted by Crippen LogP contribution is 2.37. The van der Waals surface area contributed by atoms with Crippen LogP contribution in [0.15, 0.2) is 73.3 Å². The molecule has 0 bridgehead atoms. The summed E-state index contributed by atoms with van der Waals surface area (Å²) in [4.78, 5) is 34.3. The lowest BCUT2D eigenvalue weighted by Gasteiger charge is -2.36. The molecule has 260 valence electrons. The molecule has 2 aromatic heterocycles. The summed E-state index contributed by atoms with van der Waals surface area (Å²) >= 11 is 0. The van der Waals surface area contributed by atoms with Crippen molar-refractivity contribution >= 4 is 40.3 Å². The summed E-state index contributed by atoms with van der Waals surface area (Å²) in [5.74, 6) is -0.704. The monoisotopic (exact) mass is 677 g/mol. The largest absolute Gasteiger partial charge is 0.375 e. The highest BCUT2D eigenvalue weighted by Gasteiger charge is 2.33. The molecule has 50 heavy (non-hydrogen) atoms. The zero-order valence-electron chi connectivity index (χ0n) is 28.7. The fraction of sp³-hybridized carbons (Fsp3) is 0.359. The topological polar surface area (TPSA) is 141 Å². The van der Waals surface area contributed by atoms with E-state index in [-0.39, 0.29) is 35.6 Å². The Kier molecular flexibility index (Phi) is 10.8. The number of benzene rings is 2. The summed E-state index contributed by atoms with van der Waals surface area (Å²) in [6.07, 6.45) is 11.3. The summed E-state index contributed by atoms with van der Waals surface area (Å²) in [6, 6.07) is 13.1. The lowest BCUT2D eigenvalue weighted by Crippen LogP contribution is -2.42. The van der Waals surface area contributed by atoms with Crippen molar-refractivity contribution in [1.29, 1.82) is 5.41 Å². The smallest absolute Gasteiger partial charge is 0.255 e. The van der Waals surface area contributed by atoms with Gasteiger partial charge >= 0.3 is 0 Å². The van der Waals surface area contributed by atoms with Gasteiger partial charge in [-0.3, -0.25) is 19.6 Å². The van der Waals surface area contributed by atoms with Gasteiger partial charge in [0.1, 0.15) is 12.0 Å². The molecule has 11 heteroatoms. The number of nitrogens with zero attached hydrogens (tertiary/aromatic N) is 2. The van der Waals surface area contributed by atoms with Crippen molar-refractivity contribution in [3.05, 3.63) is 95.8 Å². The quantitative estimate of drug-likeness (QED) is 0.102. The second-order valence-electron chi connectivity index (χ2n) is 13.5. The second kappa shape index (κ2) is 15.6. The van der Waals surface area contributed by atoms with Crippen molar-refractivity contribution in [3.8, 4) is 11.1 Å². The molecule has 1 fully saturated rings. The Bertz CT molecular complexity index is 1870. The van der Waals surface area contributed by atoms with E-state index in [9.17, 15) is 19.4 Å². The minimum absolute atomic E-state index is 0.0193. The van der Waals surface area contributed by atoms with Crippen LogP contribution >= 0.6 is 0 Å². The highest BCUT2D eigenvalue weighted by atomic mass is 19.1. The van der Waals surface area contributed by atoms with E-state index in [0.29, 0.717) is 36.5 Å². The van der Waals surface area contributed by atoms with Crippen molar-refractivity contribution < 1.29 is 18.7 Å². The van der Waals surface area contributed by atoms with Crippen LogP contribution in [-0.2, 0) is 16.0 Å². The molecular weight excluding hydrogens is 633 g/mol. The molecule has 3 unspecified atom stereocenters. The predicted octanol–water partition coefficient (Wildman–Crippen LogP) is 7.89. The molecule has 2 aromatic carbocycles. The molecule has 2 aliphatic heterocycles. The molecule has 10 nitrogen and oxygen atoms in total. The van der Waals surface area contributed by atoms with Crippen LogP contribution in [0.25, 0.3) is 11.1 Å². The van der Waals surface area contributed by atoms with Gasteiger partial charge in [0.25, 0.3) is 5.91 Å². The number of anilines is 4. The molecule has 6 rings (SSSR count). The van der Waals surface area contributed by atoms with Crippen LogP contribution in [-0.4, -0.2) is 46.4 Å². The Morgan fingerprint density at radius 1 is 1.00 bits per heavy atom. The zero-order valence-corrected chi connectivity index (χ0v) is 28.7. The SMILES string of the molecule is CCC1Cc2c(NC(=O)c3cccc(F)c3)cncc2NC1C(=N)c1cc(-c2cncc(NC(=O)CC(C)C)c2)ccc1NC1CCCCO1. The normalized spacial score (nSPS) is 18.5. The summed E-state index contributed by atoms with van der Waals surface area (Å²) in [5.41, 5.74) is 6.64. The molecule has 5 N–H and O–H groups in total. The van der Waals surface area contributed by atoms with Crippen molar-refractivity contribution in [3.63, 3.8) is 0 Å². The van der Waals surface area contributed by atoms with E-state index in [4.69, 9.17) is 4.74 Å². The maximum absolute atomic E-state index is 13.8. The fourth-order valence-corrected chi connectivity index (χ4v) is 6.63. The van der Waals surface area contributed by atoms with Crippen molar-refractivity contribution in [1.82, 2.24) is 9.97 Å². The van der Waals surface area contributed by atoms with Gasteiger partial charge in [0.05, 0.1) is 47.4 Å². The van der Waals surface area contributed by atoms with E-state index < -0.39 is 11.7 Å². The number of pyridine rings is 2. The molecule has 3 atom stereocenters. The van der Waals surface area contributed by atoms with Crippen molar-refractivity contribution in [2.75, 3.05) is 27.9 Å². The van der Waals surface area contributed by atoms with Crippen molar-refractivity contribution in [2.45, 2.75) is 71.6 Å². The zero-order chi connectivity index (χ0) is 35.2. The number of carbonyl (C=O) groups is 2. The standard InChI is InChI=1S/C39H44FN7O3/c1-4-24-17-30-33(21-43-22-34(30)47-39(49)26-8-7-9-28(40)15-26)46-38(24)37(41)31-18-25(11-12-32(31)45-36-10-5-6-13-50-36)27-16-29(20-42-19-27)44-35(48)14-23(2)3/h7-9,11-12,15-16,18-24,36,38,41,45-46H,4-6,10,13-14,17H2,1-3H3,(H,44,48)(H,47,49). The molecule has 0 saturated carbocycles. The minimum atomic E-state index is -0.481. The number of nitrogens with one attached hydrogen (secondary N) is 5. The number of carbonyl (C=O) groups excluding carboxylic acids is 2. The molecule has 2 amide bonds. The van der Waals surface area contributed by atoms with E-state index in [0.717, 1.165) is 59.3 Å². The van der Waals surface area contributed by atoms with Crippen LogP contribution in [0.1, 0.15) is 74.4 Å². The average molecular weight is 678 g/mol. The molecule has 4 aromatic rings. The third-order valence-electron chi connectivity index (χ3n) is 9.23. The maximum Gasteiger partial charge on any atom is 0.255 e. The van der Waals surface area contributed by atoms with Gasteiger partial charge in [-0.2, -0.15) is 0 Å². The van der Waals surface area contributed by atoms with Gasteiger partial charge in [-0.1, -0.05) is 39.3 Å². The fourth-order valence-electron chi connectivity index (χ4n) is 6.63. The molecule has 2 aliphatic rings. The number of rotatable bonds is 11. The lowest BCUT2D eigenvalue weighted by atomic mass is 9.81. The Morgan fingerprint density at radius 3 is 2.60 bits per heavy atom. The van der Waals surface area contributed by atoms with Gasteiger partial charge in [-0.15, -0.1) is 0 Å². The van der Waals surface area contributed by atoms with Crippen molar-refractivity contribution in [2.24, 2.45) is 11.8 Å². The van der Waals surface area contributed by atoms with Crippen LogP contribution in [0, 0.1) is 23.1 Å². The van der Waals surface area contributed by atoms with Crippen LogP contribution < -0.4 is 21.3 Å². The third kappa shape index (κ3) is 8.16. The number of ether oxygens (including phenoxy) is 1. The molecule has 0 radical (unpaired) electrons. The molecule has 0 aliphatic carbocycles. The van der Waals surface area contributed by atoms with Gasteiger partial charge in [-0.05, 0) is 79.5 Å². The number of aromatic nitrogens is 2. The van der Waals surface area contributed by atoms with Gasteiger partial charge in [0, 0.05) is 47.2 Å². The second-order valence-corrected chi connectivity index (χ2v) is 13.5. The first-order valence-electron chi connectivity index (χ1n) is 17.3. The maximum atomic E-state index is 13.8. The van der Waals surface area contributed by atoms with E-state index in [1.54, 1.807) is 30.9 Å². The first-order valence-corrected chi connectivity index (χ1v) is 17.3. The first kappa shape index (κ1) is 34.7. The van der Waals surface area contributed by atoms with Gasteiger partial charge in [-0.25, -0.2) is 4.39 Å². The van der Waals surface area contributed by atoms with Crippen LogP contribution in [0.3, 0.4) is 0 Å². The first-order chi connectivity index (χ1) is 24.2. The lowest BCUT2D eigenvalue weighted by molar-refractivity contribution is -0.116. The Morgan fingerprint density at radius 2 is 1.84 bits per heavy atom. The van der Waals surface area contributed by atoms with Crippen LogP contribution in [0.2, 0.25) is 0 Å². The van der Waals surface area contributed by atoms with Gasteiger partial charge in [0.2, 0.25) is 5.91 Å². The van der Waals surface area contributed by atoms with Crippen LogP contribution in [0.5, 0.6) is 0 Å². The minimum Gasteiger partial charge on any atom is -0.375 e. The summed E-state index contributed by atoms with van der Waals surface area (Å²) < 4.78 is 19.8. The summed E-state index contributed by atoms with van der Waals surface area (Å²) in [7, 11) is 0. The number of amides is 2.